The van der Waals surface area contributed by atoms with Crippen LogP contribution in [0.15, 0.2) is 30.0 Å². The van der Waals surface area contributed by atoms with Gasteiger partial charge in [0.25, 0.3) is 5.91 Å². The molecule has 0 radical (unpaired) electrons. The standard InChI is InChI=1S/C18H21ClN4O3/c1-3-26-18(25)23-8-6-22(7-9-23)12-14(11-20)17(24)21-16-10-15(19)5-4-13(16)2/h4-5,10,12H,3,6-9H2,1-2H3,(H,21,24)/b14-12-. The highest BCUT2D eigenvalue weighted by Crippen LogP contribution is 2.20. The first kappa shape index (κ1) is 19.6. The third-order valence-corrected chi connectivity index (χ3v) is 4.20. The van der Waals surface area contributed by atoms with Gasteiger partial charge in [-0.05, 0) is 31.5 Å². The summed E-state index contributed by atoms with van der Waals surface area (Å²) in [6.45, 7) is 5.93. The molecule has 1 heterocycles. The molecule has 1 aromatic rings. The van der Waals surface area contributed by atoms with Gasteiger partial charge in [0.2, 0.25) is 0 Å². The van der Waals surface area contributed by atoms with Gasteiger partial charge in [0, 0.05) is 43.1 Å². The van der Waals surface area contributed by atoms with Crippen molar-refractivity contribution in [2.45, 2.75) is 13.8 Å². The van der Waals surface area contributed by atoms with Gasteiger partial charge in [-0.2, -0.15) is 5.26 Å². The number of aryl methyl sites for hydroxylation is 1. The molecule has 0 aromatic heterocycles. The van der Waals surface area contributed by atoms with Gasteiger partial charge in [-0.15, -0.1) is 0 Å². The molecule has 0 atom stereocenters. The molecule has 2 amide bonds. The number of piperazine rings is 1. The summed E-state index contributed by atoms with van der Waals surface area (Å²) in [4.78, 5) is 27.5. The first-order valence-electron chi connectivity index (χ1n) is 8.29. The lowest BCUT2D eigenvalue weighted by molar-refractivity contribution is -0.112. The minimum atomic E-state index is -0.495. The Bertz CT molecular complexity index is 749. The highest BCUT2D eigenvalue weighted by atomic mass is 35.5. The molecule has 0 bridgehead atoms. The number of carbonyl (C=O) groups excluding carboxylic acids is 2. The van der Waals surface area contributed by atoms with E-state index in [1.165, 1.54) is 6.20 Å². The average molecular weight is 377 g/mol. The number of carbonyl (C=O) groups is 2. The van der Waals surface area contributed by atoms with E-state index >= 15 is 0 Å². The van der Waals surface area contributed by atoms with Crippen LogP contribution in [0.2, 0.25) is 5.02 Å². The van der Waals surface area contributed by atoms with Gasteiger partial charge in [0.1, 0.15) is 11.6 Å². The molecule has 1 aromatic carbocycles. The fourth-order valence-electron chi connectivity index (χ4n) is 2.49. The molecule has 0 saturated carbocycles. The van der Waals surface area contributed by atoms with Gasteiger partial charge in [-0.3, -0.25) is 4.79 Å². The van der Waals surface area contributed by atoms with Crippen molar-refractivity contribution < 1.29 is 14.3 Å². The third kappa shape index (κ3) is 5.14. The molecule has 1 saturated heterocycles. The molecule has 7 nitrogen and oxygen atoms in total. The molecular formula is C18H21ClN4O3. The van der Waals surface area contributed by atoms with E-state index in [1.54, 1.807) is 30.0 Å². The minimum Gasteiger partial charge on any atom is -0.450 e. The maximum atomic E-state index is 12.4. The van der Waals surface area contributed by atoms with Crippen LogP contribution in [0.25, 0.3) is 0 Å². The Balaban J connectivity index is 2.00. The summed E-state index contributed by atoms with van der Waals surface area (Å²) in [6.07, 6.45) is 1.18. The highest BCUT2D eigenvalue weighted by Gasteiger charge is 2.21. The zero-order valence-corrected chi connectivity index (χ0v) is 15.5. The summed E-state index contributed by atoms with van der Waals surface area (Å²) >= 11 is 5.95. The van der Waals surface area contributed by atoms with E-state index in [0.717, 1.165) is 5.56 Å². The van der Waals surface area contributed by atoms with Gasteiger partial charge in [-0.1, -0.05) is 17.7 Å². The Kier molecular flexibility index (Phi) is 6.87. The summed E-state index contributed by atoms with van der Waals surface area (Å²) in [5.41, 5.74) is 1.41. The number of amides is 2. The van der Waals surface area contributed by atoms with Gasteiger partial charge in [-0.25, -0.2) is 4.79 Å². The number of ether oxygens (including phenoxy) is 1. The van der Waals surface area contributed by atoms with Crippen LogP contribution in [-0.2, 0) is 9.53 Å². The van der Waals surface area contributed by atoms with Crippen LogP contribution >= 0.6 is 11.6 Å². The van der Waals surface area contributed by atoms with Crippen molar-refractivity contribution in [1.29, 1.82) is 5.26 Å². The van der Waals surface area contributed by atoms with E-state index < -0.39 is 5.91 Å². The first-order valence-corrected chi connectivity index (χ1v) is 8.67. The summed E-state index contributed by atoms with van der Waals surface area (Å²) in [6, 6.07) is 7.09. The third-order valence-electron chi connectivity index (χ3n) is 3.96. The van der Waals surface area contributed by atoms with E-state index in [4.69, 9.17) is 16.3 Å². The summed E-state index contributed by atoms with van der Waals surface area (Å²) in [5, 5.41) is 12.5. The molecule has 8 heteroatoms. The fourth-order valence-corrected chi connectivity index (χ4v) is 2.66. The van der Waals surface area contributed by atoms with Crippen LogP contribution in [0, 0.1) is 18.3 Å². The highest BCUT2D eigenvalue weighted by molar-refractivity contribution is 6.31. The molecule has 1 aliphatic rings. The second-order valence-corrected chi connectivity index (χ2v) is 6.23. The number of halogens is 1. The Morgan fingerprint density at radius 1 is 1.35 bits per heavy atom. The quantitative estimate of drug-likeness (QED) is 0.645. The number of rotatable bonds is 4. The maximum Gasteiger partial charge on any atom is 0.409 e. The number of benzene rings is 1. The van der Waals surface area contributed by atoms with Gasteiger partial charge in [0.15, 0.2) is 0 Å². The number of nitrogens with one attached hydrogen (secondary N) is 1. The number of nitrogens with zero attached hydrogens (tertiary/aromatic N) is 3. The second kappa shape index (κ2) is 9.11. The summed E-state index contributed by atoms with van der Waals surface area (Å²) in [7, 11) is 0. The van der Waals surface area contributed by atoms with Gasteiger partial charge < -0.3 is 19.9 Å². The zero-order chi connectivity index (χ0) is 19.1. The van der Waals surface area contributed by atoms with Crippen LogP contribution < -0.4 is 5.32 Å². The van der Waals surface area contributed by atoms with Crippen LogP contribution in [0.5, 0.6) is 0 Å². The molecule has 138 valence electrons. The SMILES string of the molecule is CCOC(=O)N1CCN(/C=C(/C#N)C(=O)Nc2cc(Cl)ccc2C)CC1. The van der Waals surface area contributed by atoms with E-state index in [9.17, 15) is 14.9 Å². The lowest BCUT2D eigenvalue weighted by atomic mass is 10.2. The molecule has 1 aliphatic heterocycles. The van der Waals surface area contributed by atoms with E-state index in [-0.39, 0.29) is 11.7 Å². The van der Waals surface area contributed by atoms with Crippen molar-refractivity contribution in [2.24, 2.45) is 0 Å². The monoisotopic (exact) mass is 376 g/mol. The van der Waals surface area contributed by atoms with Crippen molar-refractivity contribution in [1.82, 2.24) is 9.80 Å². The van der Waals surface area contributed by atoms with Crippen LogP contribution in [-0.4, -0.2) is 54.6 Å². The van der Waals surface area contributed by atoms with Crippen molar-refractivity contribution in [3.8, 4) is 6.07 Å². The van der Waals surface area contributed by atoms with Crippen LogP contribution in [0.4, 0.5) is 10.5 Å². The molecule has 0 aliphatic carbocycles. The minimum absolute atomic E-state index is 0.00559. The van der Waals surface area contributed by atoms with Crippen molar-refractivity contribution >= 4 is 29.3 Å². The van der Waals surface area contributed by atoms with Gasteiger partial charge in [0.05, 0.1) is 6.61 Å². The molecule has 0 unspecified atom stereocenters. The lowest BCUT2D eigenvalue weighted by Crippen LogP contribution is -2.47. The predicted octanol–water partition coefficient (Wildman–Crippen LogP) is 2.77. The van der Waals surface area contributed by atoms with E-state index in [1.807, 2.05) is 17.9 Å². The molecular weight excluding hydrogens is 356 g/mol. The Morgan fingerprint density at radius 3 is 2.65 bits per heavy atom. The Hall–Kier alpha value is -2.72. The molecule has 1 fully saturated rings. The Labute approximate surface area is 157 Å². The summed E-state index contributed by atoms with van der Waals surface area (Å²) in [5.74, 6) is -0.495. The first-order chi connectivity index (χ1) is 12.4. The Morgan fingerprint density at radius 2 is 2.04 bits per heavy atom. The number of hydrogen-bond donors (Lipinski definition) is 1. The largest absolute Gasteiger partial charge is 0.450 e. The van der Waals surface area contributed by atoms with E-state index in [2.05, 4.69) is 5.32 Å². The maximum absolute atomic E-state index is 12.4. The topological polar surface area (TPSA) is 85.7 Å². The van der Waals surface area contributed by atoms with Gasteiger partial charge >= 0.3 is 6.09 Å². The smallest absolute Gasteiger partial charge is 0.409 e. The lowest BCUT2D eigenvalue weighted by Gasteiger charge is -2.33. The fraction of sp³-hybridized carbons (Fsp3) is 0.389. The molecule has 26 heavy (non-hydrogen) atoms. The number of hydrogen-bond acceptors (Lipinski definition) is 5. The predicted molar refractivity (Wildman–Crippen MR) is 98.7 cm³/mol. The van der Waals surface area contributed by atoms with E-state index in [0.29, 0.717) is 43.5 Å². The summed E-state index contributed by atoms with van der Waals surface area (Å²) < 4.78 is 4.97. The van der Waals surface area contributed by atoms with Crippen molar-refractivity contribution in [3.63, 3.8) is 0 Å². The molecule has 2 rings (SSSR count). The second-order valence-electron chi connectivity index (χ2n) is 5.79. The normalized spacial score (nSPS) is 14.6. The van der Waals surface area contributed by atoms with Crippen LogP contribution in [0.1, 0.15) is 12.5 Å². The zero-order valence-electron chi connectivity index (χ0n) is 14.8. The van der Waals surface area contributed by atoms with Crippen molar-refractivity contribution in [2.75, 3.05) is 38.1 Å². The molecule has 1 N–H and O–H groups in total. The average Bonchev–Trinajstić information content (AvgIpc) is 2.63. The number of nitriles is 1. The number of anilines is 1. The van der Waals surface area contributed by atoms with Crippen LogP contribution in [0.3, 0.4) is 0 Å². The molecule has 0 spiro atoms. The van der Waals surface area contributed by atoms with Crippen molar-refractivity contribution in [3.05, 3.63) is 40.6 Å².